The third kappa shape index (κ3) is 3.48. The molecule has 1 aromatic heterocycles. The summed E-state index contributed by atoms with van der Waals surface area (Å²) in [5, 5.41) is 7.96. The second kappa shape index (κ2) is 6.71. The van der Waals surface area contributed by atoms with Crippen molar-refractivity contribution < 1.29 is 0 Å². The second-order valence-corrected chi connectivity index (χ2v) is 5.51. The molecule has 2 aromatic rings. The van der Waals surface area contributed by atoms with Crippen molar-refractivity contribution in [2.75, 3.05) is 0 Å². The molecule has 3 nitrogen and oxygen atoms in total. The van der Waals surface area contributed by atoms with Gasteiger partial charge in [-0.1, -0.05) is 30.7 Å². The summed E-state index contributed by atoms with van der Waals surface area (Å²) in [5.41, 5.74) is 5.30. The number of hydrogen-bond acceptors (Lipinski definition) is 2. The lowest BCUT2D eigenvalue weighted by Crippen LogP contribution is -2.21. The highest BCUT2D eigenvalue weighted by molar-refractivity contribution is 5.32. The Morgan fingerprint density at radius 3 is 2.75 bits per heavy atom. The molecule has 0 aliphatic rings. The van der Waals surface area contributed by atoms with Crippen LogP contribution < -0.4 is 5.32 Å². The van der Waals surface area contributed by atoms with Gasteiger partial charge in [-0.3, -0.25) is 4.68 Å². The highest BCUT2D eigenvalue weighted by Gasteiger charge is 2.09. The summed E-state index contributed by atoms with van der Waals surface area (Å²) >= 11 is 0. The molecular weight excluding hydrogens is 246 g/mol. The standard InChI is InChI=1S/C17H25N3/c1-5-10-20-16(8-9-19-20)12-18-15(4)17-7-6-13(2)11-14(17)3/h6-9,11,15,18H,5,10,12H2,1-4H3. The fraction of sp³-hybridized carbons (Fsp3) is 0.471. The van der Waals surface area contributed by atoms with Crippen molar-refractivity contribution in [3.05, 3.63) is 52.8 Å². The maximum absolute atomic E-state index is 4.36. The lowest BCUT2D eigenvalue weighted by atomic mass is 10.0. The zero-order valence-electron chi connectivity index (χ0n) is 13.0. The molecule has 0 bridgehead atoms. The van der Waals surface area contributed by atoms with E-state index in [9.17, 15) is 0 Å². The molecule has 0 aliphatic heterocycles. The average Bonchev–Trinajstić information content (AvgIpc) is 2.84. The van der Waals surface area contributed by atoms with Crippen molar-refractivity contribution >= 4 is 0 Å². The molecule has 108 valence electrons. The Kier molecular flexibility index (Phi) is 4.96. The number of aromatic nitrogens is 2. The molecule has 0 aliphatic carbocycles. The van der Waals surface area contributed by atoms with Gasteiger partial charge in [-0.15, -0.1) is 0 Å². The molecule has 0 fully saturated rings. The Balaban J connectivity index is 2.01. The van der Waals surface area contributed by atoms with E-state index in [2.05, 4.69) is 67.1 Å². The van der Waals surface area contributed by atoms with Gasteiger partial charge in [0.15, 0.2) is 0 Å². The van der Waals surface area contributed by atoms with E-state index >= 15 is 0 Å². The molecular formula is C17H25N3. The third-order valence-corrected chi connectivity index (χ3v) is 3.72. The van der Waals surface area contributed by atoms with Crippen molar-refractivity contribution in [1.29, 1.82) is 0 Å². The van der Waals surface area contributed by atoms with Gasteiger partial charge >= 0.3 is 0 Å². The van der Waals surface area contributed by atoms with Crippen LogP contribution >= 0.6 is 0 Å². The van der Waals surface area contributed by atoms with E-state index in [4.69, 9.17) is 0 Å². The predicted octanol–water partition coefficient (Wildman–Crippen LogP) is 3.76. The summed E-state index contributed by atoms with van der Waals surface area (Å²) in [4.78, 5) is 0. The quantitative estimate of drug-likeness (QED) is 0.867. The molecule has 2 rings (SSSR count). The fourth-order valence-corrected chi connectivity index (χ4v) is 2.60. The molecule has 1 atom stereocenters. The first kappa shape index (κ1) is 14.8. The van der Waals surface area contributed by atoms with Gasteiger partial charge in [0, 0.05) is 25.3 Å². The predicted molar refractivity (Wildman–Crippen MR) is 83.7 cm³/mol. The van der Waals surface area contributed by atoms with Crippen LogP contribution in [0.1, 0.15) is 48.7 Å². The van der Waals surface area contributed by atoms with Crippen LogP contribution in [0.15, 0.2) is 30.5 Å². The van der Waals surface area contributed by atoms with Crippen molar-refractivity contribution in [2.24, 2.45) is 0 Å². The number of nitrogens with one attached hydrogen (secondary N) is 1. The molecule has 1 unspecified atom stereocenters. The van der Waals surface area contributed by atoms with Crippen LogP contribution in [-0.4, -0.2) is 9.78 Å². The van der Waals surface area contributed by atoms with Crippen LogP contribution in [0, 0.1) is 13.8 Å². The summed E-state index contributed by atoms with van der Waals surface area (Å²) in [5.74, 6) is 0. The van der Waals surface area contributed by atoms with Crippen LogP contribution in [0.3, 0.4) is 0 Å². The van der Waals surface area contributed by atoms with Crippen molar-refractivity contribution in [3.63, 3.8) is 0 Å². The molecule has 0 radical (unpaired) electrons. The highest BCUT2D eigenvalue weighted by atomic mass is 15.3. The first-order chi connectivity index (χ1) is 9.61. The van der Waals surface area contributed by atoms with E-state index < -0.39 is 0 Å². The lowest BCUT2D eigenvalue weighted by Gasteiger charge is -2.17. The van der Waals surface area contributed by atoms with Crippen LogP contribution in [0.2, 0.25) is 0 Å². The van der Waals surface area contributed by atoms with Crippen molar-refractivity contribution in [1.82, 2.24) is 15.1 Å². The Bertz CT molecular complexity index is 557. The van der Waals surface area contributed by atoms with Crippen molar-refractivity contribution in [3.8, 4) is 0 Å². The van der Waals surface area contributed by atoms with Gasteiger partial charge in [0.1, 0.15) is 0 Å². The van der Waals surface area contributed by atoms with E-state index in [1.54, 1.807) is 0 Å². The van der Waals surface area contributed by atoms with E-state index in [1.807, 2.05) is 6.20 Å². The van der Waals surface area contributed by atoms with E-state index in [0.717, 1.165) is 19.5 Å². The molecule has 3 heteroatoms. The average molecular weight is 271 g/mol. The minimum Gasteiger partial charge on any atom is -0.305 e. The number of hydrogen-bond donors (Lipinski definition) is 1. The first-order valence-electron chi connectivity index (χ1n) is 7.43. The lowest BCUT2D eigenvalue weighted by molar-refractivity contribution is 0.516. The Labute approximate surface area is 122 Å². The zero-order chi connectivity index (χ0) is 14.5. The van der Waals surface area contributed by atoms with Gasteiger partial charge in [0.25, 0.3) is 0 Å². The maximum atomic E-state index is 4.36. The van der Waals surface area contributed by atoms with Gasteiger partial charge in [-0.2, -0.15) is 5.10 Å². The molecule has 0 saturated carbocycles. The maximum Gasteiger partial charge on any atom is 0.0522 e. The number of aryl methyl sites for hydroxylation is 3. The van der Waals surface area contributed by atoms with Crippen LogP contribution in [0.5, 0.6) is 0 Å². The van der Waals surface area contributed by atoms with E-state index in [0.29, 0.717) is 6.04 Å². The summed E-state index contributed by atoms with van der Waals surface area (Å²) in [6.07, 6.45) is 3.00. The minimum absolute atomic E-state index is 0.348. The van der Waals surface area contributed by atoms with E-state index in [-0.39, 0.29) is 0 Å². The molecule has 0 amide bonds. The molecule has 1 heterocycles. The van der Waals surface area contributed by atoms with Gasteiger partial charge in [-0.05, 0) is 44.4 Å². The van der Waals surface area contributed by atoms with Gasteiger partial charge < -0.3 is 5.32 Å². The minimum atomic E-state index is 0.348. The first-order valence-corrected chi connectivity index (χ1v) is 7.43. The second-order valence-electron chi connectivity index (χ2n) is 5.51. The normalized spacial score (nSPS) is 12.6. The zero-order valence-corrected chi connectivity index (χ0v) is 13.0. The third-order valence-electron chi connectivity index (χ3n) is 3.72. The fourth-order valence-electron chi connectivity index (χ4n) is 2.60. The SMILES string of the molecule is CCCn1nccc1CNC(C)c1ccc(C)cc1C. The Hall–Kier alpha value is -1.61. The topological polar surface area (TPSA) is 29.9 Å². The number of rotatable bonds is 6. The summed E-state index contributed by atoms with van der Waals surface area (Å²) in [6, 6.07) is 9.10. The number of nitrogens with zero attached hydrogens (tertiary/aromatic N) is 2. The molecule has 20 heavy (non-hydrogen) atoms. The van der Waals surface area contributed by atoms with Crippen LogP contribution in [0.25, 0.3) is 0 Å². The number of benzene rings is 1. The largest absolute Gasteiger partial charge is 0.305 e. The van der Waals surface area contributed by atoms with Gasteiger partial charge in [-0.25, -0.2) is 0 Å². The van der Waals surface area contributed by atoms with E-state index in [1.165, 1.54) is 22.4 Å². The van der Waals surface area contributed by atoms with Crippen LogP contribution in [0.4, 0.5) is 0 Å². The molecule has 1 N–H and O–H groups in total. The van der Waals surface area contributed by atoms with Gasteiger partial charge in [0.05, 0.1) is 5.69 Å². The Morgan fingerprint density at radius 2 is 2.05 bits per heavy atom. The summed E-state index contributed by atoms with van der Waals surface area (Å²) in [6.45, 7) is 10.6. The summed E-state index contributed by atoms with van der Waals surface area (Å²) in [7, 11) is 0. The monoisotopic (exact) mass is 271 g/mol. The molecule has 0 spiro atoms. The molecule has 0 saturated heterocycles. The Morgan fingerprint density at radius 1 is 1.25 bits per heavy atom. The summed E-state index contributed by atoms with van der Waals surface area (Å²) < 4.78 is 2.09. The molecule has 1 aromatic carbocycles. The van der Waals surface area contributed by atoms with Crippen LogP contribution in [-0.2, 0) is 13.1 Å². The smallest absolute Gasteiger partial charge is 0.0522 e. The van der Waals surface area contributed by atoms with Gasteiger partial charge in [0.2, 0.25) is 0 Å². The van der Waals surface area contributed by atoms with Crippen molar-refractivity contribution in [2.45, 2.75) is 53.2 Å². The highest BCUT2D eigenvalue weighted by Crippen LogP contribution is 2.19.